The number of hydrogen-bond donors (Lipinski definition) is 1. The standard InChI is InChI=1S/C10H16ClN3O2/c1-4-6(3)14-9(12)7(11)8(13-14)10(15)16-5-2/h6H,4-5,12H2,1-3H3/t6-/m0/s1. The minimum absolute atomic E-state index is 0.0846. The number of carbonyl (C=O) groups excluding carboxylic acids is 1. The van der Waals surface area contributed by atoms with E-state index in [1.165, 1.54) is 0 Å². The topological polar surface area (TPSA) is 70.1 Å². The fourth-order valence-electron chi connectivity index (χ4n) is 1.27. The van der Waals surface area contributed by atoms with Gasteiger partial charge in [-0.3, -0.25) is 0 Å². The van der Waals surface area contributed by atoms with Gasteiger partial charge in [0.15, 0.2) is 5.69 Å². The average molecular weight is 246 g/mol. The number of hydrogen-bond acceptors (Lipinski definition) is 4. The number of aromatic nitrogens is 2. The molecule has 1 rings (SSSR count). The largest absolute Gasteiger partial charge is 0.461 e. The van der Waals surface area contributed by atoms with Gasteiger partial charge >= 0.3 is 5.97 Å². The number of carbonyl (C=O) groups is 1. The molecule has 6 heteroatoms. The molecule has 16 heavy (non-hydrogen) atoms. The number of esters is 1. The molecule has 0 saturated heterocycles. The molecule has 0 bridgehead atoms. The fraction of sp³-hybridized carbons (Fsp3) is 0.600. The third-order valence-electron chi connectivity index (χ3n) is 2.36. The lowest BCUT2D eigenvalue weighted by Crippen LogP contribution is -2.11. The van der Waals surface area contributed by atoms with Crippen LogP contribution in [0.1, 0.15) is 43.7 Å². The summed E-state index contributed by atoms with van der Waals surface area (Å²) >= 11 is 5.94. The molecular weight excluding hydrogens is 230 g/mol. The smallest absolute Gasteiger partial charge is 0.360 e. The van der Waals surface area contributed by atoms with Crippen molar-refractivity contribution in [3.63, 3.8) is 0 Å². The molecule has 1 atom stereocenters. The van der Waals surface area contributed by atoms with E-state index < -0.39 is 5.97 Å². The van der Waals surface area contributed by atoms with E-state index in [2.05, 4.69) is 5.10 Å². The van der Waals surface area contributed by atoms with Crippen molar-refractivity contribution in [1.29, 1.82) is 0 Å². The Morgan fingerprint density at radius 1 is 1.62 bits per heavy atom. The molecule has 1 aromatic rings. The number of nitrogens with zero attached hydrogens (tertiary/aromatic N) is 2. The van der Waals surface area contributed by atoms with E-state index >= 15 is 0 Å². The molecule has 0 aliphatic heterocycles. The Balaban J connectivity index is 3.09. The van der Waals surface area contributed by atoms with Gasteiger partial charge in [-0.1, -0.05) is 18.5 Å². The van der Waals surface area contributed by atoms with E-state index in [-0.39, 0.29) is 23.4 Å². The van der Waals surface area contributed by atoms with Gasteiger partial charge < -0.3 is 10.5 Å². The Bertz CT molecular complexity index is 390. The van der Waals surface area contributed by atoms with E-state index in [1.54, 1.807) is 11.6 Å². The summed E-state index contributed by atoms with van der Waals surface area (Å²) in [5.41, 5.74) is 5.86. The van der Waals surface area contributed by atoms with Crippen LogP contribution in [-0.2, 0) is 4.74 Å². The Labute approximate surface area is 99.5 Å². The number of nitrogen functional groups attached to an aromatic ring is 1. The summed E-state index contributed by atoms with van der Waals surface area (Å²) in [5.74, 6) is -0.236. The SMILES string of the molecule is CCOC(=O)c1nn([C@@H](C)CC)c(N)c1Cl. The van der Waals surface area contributed by atoms with Crippen LogP contribution in [0.15, 0.2) is 0 Å². The highest BCUT2D eigenvalue weighted by Gasteiger charge is 2.22. The minimum Gasteiger partial charge on any atom is -0.461 e. The summed E-state index contributed by atoms with van der Waals surface area (Å²) in [4.78, 5) is 11.5. The van der Waals surface area contributed by atoms with Crippen LogP contribution in [0.5, 0.6) is 0 Å². The van der Waals surface area contributed by atoms with Crippen LogP contribution in [0.3, 0.4) is 0 Å². The molecule has 1 heterocycles. The van der Waals surface area contributed by atoms with Crippen LogP contribution in [0.4, 0.5) is 5.82 Å². The molecule has 5 nitrogen and oxygen atoms in total. The van der Waals surface area contributed by atoms with Crippen LogP contribution >= 0.6 is 11.6 Å². The lowest BCUT2D eigenvalue weighted by Gasteiger charge is -2.10. The first-order chi connectivity index (χ1) is 7.52. The Kier molecular flexibility index (Phi) is 4.18. The Morgan fingerprint density at radius 3 is 2.75 bits per heavy atom. The van der Waals surface area contributed by atoms with Crippen molar-refractivity contribution >= 4 is 23.4 Å². The molecule has 0 saturated carbocycles. The Hall–Kier alpha value is -1.23. The van der Waals surface area contributed by atoms with E-state index in [4.69, 9.17) is 22.1 Å². The van der Waals surface area contributed by atoms with Crippen molar-refractivity contribution in [2.45, 2.75) is 33.2 Å². The molecule has 2 N–H and O–H groups in total. The molecule has 90 valence electrons. The molecule has 0 unspecified atom stereocenters. The van der Waals surface area contributed by atoms with Gasteiger partial charge in [-0.15, -0.1) is 0 Å². The van der Waals surface area contributed by atoms with Crippen LogP contribution in [0, 0.1) is 0 Å². The number of ether oxygens (including phenoxy) is 1. The summed E-state index contributed by atoms with van der Waals surface area (Å²) in [7, 11) is 0. The zero-order chi connectivity index (χ0) is 12.3. The predicted molar refractivity (Wildman–Crippen MR) is 62.6 cm³/mol. The predicted octanol–water partition coefficient (Wildman–Crippen LogP) is 2.27. The van der Waals surface area contributed by atoms with Gasteiger partial charge in [0.25, 0.3) is 0 Å². The molecule has 0 amide bonds. The van der Waals surface area contributed by atoms with Crippen LogP contribution in [0.25, 0.3) is 0 Å². The number of nitrogens with two attached hydrogens (primary N) is 1. The van der Waals surface area contributed by atoms with E-state index in [1.807, 2.05) is 13.8 Å². The normalized spacial score (nSPS) is 12.5. The van der Waals surface area contributed by atoms with Crippen molar-refractivity contribution in [3.05, 3.63) is 10.7 Å². The van der Waals surface area contributed by atoms with E-state index in [0.717, 1.165) is 6.42 Å². The van der Waals surface area contributed by atoms with Crippen molar-refractivity contribution in [2.75, 3.05) is 12.3 Å². The molecule has 0 aliphatic carbocycles. The van der Waals surface area contributed by atoms with Crippen molar-refractivity contribution in [3.8, 4) is 0 Å². The van der Waals surface area contributed by atoms with Crippen LogP contribution in [0.2, 0.25) is 5.02 Å². The van der Waals surface area contributed by atoms with Gasteiger partial charge in [-0.2, -0.15) is 5.10 Å². The van der Waals surface area contributed by atoms with Gasteiger partial charge in [0.1, 0.15) is 10.8 Å². The van der Waals surface area contributed by atoms with Gasteiger partial charge in [0.05, 0.1) is 12.6 Å². The maximum Gasteiger partial charge on any atom is 0.360 e. The molecule has 0 spiro atoms. The van der Waals surface area contributed by atoms with E-state index in [9.17, 15) is 4.79 Å². The van der Waals surface area contributed by atoms with Gasteiger partial charge in [-0.25, -0.2) is 9.48 Å². The lowest BCUT2D eigenvalue weighted by atomic mass is 10.3. The monoisotopic (exact) mass is 245 g/mol. The van der Waals surface area contributed by atoms with Gasteiger partial charge in [0, 0.05) is 0 Å². The highest BCUT2D eigenvalue weighted by Crippen LogP contribution is 2.27. The first-order valence-corrected chi connectivity index (χ1v) is 5.61. The lowest BCUT2D eigenvalue weighted by molar-refractivity contribution is 0.0518. The van der Waals surface area contributed by atoms with Gasteiger partial charge in [0.2, 0.25) is 0 Å². The molecule has 0 fully saturated rings. The number of halogens is 1. The second-order valence-corrected chi connectivity index (χ2v) is 3.85. The fourth-order valence-corrected chi connectivity index (χ4v) is 1.47. The summed E-state index contributed by atoms with van der Waals surface area (Å²) in [6.45, 7) is 5.96. The average Bonchev–Trinajstić information content (AvgIpc) is 2.56. The maximum absolute atomic E-state index is 11.5. The van der Waals surface area contributed by atoms with Gasteiger partial charge in [-0.05, 0) is 20.3 Å². The van der Waals surface area contributed by atoms with Crippen LogP contribution in [-0.4, -0.2) is 22.4 Å². The summed E-state index contributed by atoms with van der Waals surface area (Å²) in [6.07, 6.45) is 0.852. The Morgan fingerprint density at radius 2 is 2.25 bits per heavy atom. The summed E-state index contributed by atoms with van der Waals surface area (Å²) < 4.78 is 6.39. The molecule has 0 radical (unpaired) electrons. The maximum atomic E-state index is 11.5. The van der Waals surface area contributed by atoms with Crippen molar-refractivity contribution in [2.24, 2.45) is 0 Å². The summed E-state index contributed by atoms with van der Waals surface area (Å²) in [5, 5.41) is 4.25. The number of anilines is 1. The second-order valence-electron chi connectivity index (χ2n) is 3.47. The van der Waals surface area contributed by atoms with Crippen molar-refractivity contribution in [1.82, 2.24) is 9.78 Å². The molecule has 0 aliphatic rings. The first-order valence-electron chi connectivity index (χ1n) is 5.23. The second kappa shape index (κ2) is 5.21. The van der Waals surface area contributed by atoms with Crippen molar-refractivity contribution < 1.29 is 9.53 Å². The first kappa shape index (κ1) is 12.8. The quantitative estimate of drug-likeness (QED) is 0.826. The third-order valence-corrected chi connectivity index (χ3v) is 2.74. The number of rotatable bonds is 4. The highest BCUT2D eigenvalue weighted by molar-refractivity contribution is 6.35. The third kappa shape index (κ3) is 2.29. The van der Waals surface area contributed by atoms with E-state index in [0.29, 0.717) is 5.82 Å². The zero-order valence-electron chi connectivity index (χ0n) is 9.66. The summed E-state index contributed by atoms with van der Waals surface area (Å²) in [6, 6.07) is 0.0978. The molecule has 0 aromatic carbocycles. The highest BCUT2D eigenvalue weighted by atomic mass is 35.5. The molecular formula is C10H16ClN3O2. The zero-order valence-corrected chi connectivity index (χ0v) is 10.4. The van der Waals surface area contributed by atoms with Crippen LogP contribution < -0.4 is 5.73 Å². The minimum atomic E-state index is -0.541. The molecule has 1 aromatic heterocycles.